The largest absolute Gasteiger partial charge is 0.347 e. The van der Waals surface area contributed by atoms with E-state index < -0.39 is 10.0 Å². The lowest BCUT2D eigenvalue weighted by Gasteiger charge is -2.35. The Bertz CT molecular complexity index is 1150. The van der Waals surface area contributed by atoms with Crippen LogP contribution in [-0.2, 0) is 6.54 Å². The second-order valence-electron chi connectivity index (χ2n) is 6.98. The standard InChI is InChI=1S/C20H26BrN7S/c1-5-29(6-2,7-3)20-26-18-14(21)11-23-28(18)19(27-20)22-12-16-24-15-10-8-9-13(4)17(15)25-16/h8-11H,5-7,12H2,1-4H3,(H,24,25)(H,22,26,27). The smallest absolute Gasteiger partial charge is 0.228 e. The highest BCUT2D eigenvalue weighted by molar-refractivity contribution is 9.10. The van der Waals surface area contributed by atoms with Crippen molar-refractivity contribution in [3.8, 4) is 0 Å². The molecule has 29 heavy (non-hydrogen) atoms. The minimum atomic E-state index is -1.05. The summed E-state index contributed by atoms with van der Waals surface area (Å²) >= 11 is 3.58. The van der Waals surface area contributed by atoms with Crippen molar-refractivity contribution in [2.45, 2.75) is 39.4 Å². The van der Waals surface area contributed by atoms with Crippen LogP contribution in [0.2, 0.25) is 0 Å². The molecule has 3 aromatic heterocycles. The second kappa shape index (κ2) is 7.95. The first kappa shape index (κ1) is 20.2. The fourth-order valence-electron chi connectivity index (χ4n) is 3.61. The topological polar surface area (TPSA) is 83.8 Å². The third kappa shape index (κ3) is 3.50. The van der Waals surface area contributed by atoms with Crippen molar-refractivity contribution in [2.24, 2.45) is 0 Å². The van der Waals surface area contributed by atoms with E-state index in [9.17, 15) is 0 Å². The summed E-state index contributed by atoms with van der Waals surface area (Å²) in [6.45, 7) is 9.33. The Hall–Kier alpha value is -2.13. The summed E-state index contributed by atoms with van der Waals surface area (Å²) in [5, 5.41) is 8.83. The van der Waals surface area contributed by atoms with Crippen molar-refractivity contribution in [3.63, 3.8) is 0 Å². The monoisotopic (exact) mass is 475 g/mol. The average Bonchev–Trinajstić information content (AvgIpc) is 3.33. The molecule has 3 heterocycles. The number of benzene rings is 1. The van der Waals surface area contributed by atoms with Crippen LogP contribution < -0.4 is 5.32 Å². The minimum Gasteiger partial charge on any atom is -0.347 e. The first-order valence-electron chi connectivity index (χ1n) is 9.87. The van der Waals surface area contributed by atoms with Crippen LogP contribution in [0, 0.1) is 6.92 Å². The second-order valence-corrected chi connectivity index (χ2v) is 12.0. The Morgan fingerprint density at radius 1 is 1.10 bits per heavy atom. The molecule has 7 nitrogen and oxygen atoms in total. The van der Waals surface area contributed by atoms with Gasteiger partial charge < -0.3 is 10.3 Å². The Kier molecular flexibility index (Phi) is 5.52. The molecule has 0 unspecified atom stereocenters. The van der Waals surface area contributed by atoms with Crippen LogP contribution in [0.3, 0.4) is 0 Å². The number of halogens is 1. The van der Waals surface area contributed by atoms with Gasteiger partial charge in [-0.15, -0.1) is 0 Å². The molecule has 0 saturated carbocycles. The first-order valence-corrected chi connectivity index (χ1v) is 12.8. The average molecular weight is 476 g/mol. The summed E-state index contributed by atoms with van der Waals surface area (Å²) in [4.78, 5) is 18.0. The van der Waals surface area contributed by atoms with E-state index in [1.165, 1.54) is 0 Å². The van der Waals surface area contributed by atoms with Gasteiger partial charge >= 0.3 is 0 Å². The molecule has 0 aliphatic rings. The lowest BCUT2D eigenvalue weighted by molar-refractivity contribution is 0.817. The van der Waals surface area contributed by atoms with Crippen molar-refractivity contribution in [1.82, 2.24) is 29.5 Å². The highest BCUT2D eigenvalue weighted by Crippen LogP contribution is 2.53. The highest BCUT2D eigenvalue weighted by atomic mass is 79.9. The van der Waals surface area contributed by atoms with Crippen LogP contribution in [0.4, 0.5) is 5.95 Å². The lowest BCUT2D eigenvalue weighted by Crippen LogP contribution is -2.17. The molecule has 0 aliphatic heterocycles. The summed E-state index contributed by atoms with van der Waals surface area (Å²) in [5.41, 5.74) is 4.01. The first-order chi connectivity index (χ1) is 14.0. The minimum absolute atomic E-state index is 0.532. The molecule has 0 aliphatic carbocycles. The zero-order valence-electron chi connectivity index (χ0n) is 17.2. The molecule has 0 spiro atoms. The highest BCUT2D eigenvalue weighted by Gasteiger charge is 2.26. The number of aryl methyl sites for hydroxylation is 1. The van der Waals surface area contributed by atoms with E-state index in [0.717, 1.165) is 55.0 Å². The molecule has 2 N–H and O–H groups in total. The van der Waals surface area contributed by atoms with Crippen LogP contribution >= 0.6 is 26.0 Å². The predicted octanol–water partition coefficient (Wildman–Crippen LogP) is 4.91. The van der Waals surface area contributed by atoms with Crippen LogP contribution in [0.25, 0.3) is 16.7 Å². The number of aromatic amines is 1. The van der Waals surface area contributed by atoms with Crippen LogP contribution in [0.5, 0.6) is 0 Å². The number of anilines is 1. The summed E-state index contributed by atoms with van der Waals surface area (Å²) in [7, 11) is -1.05. The molecular weight excluding hydrogens is 450 g/mol. The molecule has 4 aromatic rings. The third-order valence-corrected chi connectivity index (χ3v) is 10.4. The molecule has 0 bridgehead atoms. The number of fused-ring (bicyclic) bond motifs is 2. The van der Waals surface area contributed by atoms with Gasteiger partial charge in [0.1, 0.15) is 5.82 Å². The van der Waals surface area contributed by atoms with E-state index in [2.05, 4.69) is 65.1 Å². The van der Waals surface area contributed by atoms with Gasteiger partial charge in [-0.1, -0.05) is 32.9 Å². The van der Waals surface area contributed by atoms with Gasteiger partial charge in [0.15, 0.2) is 10.8 Å². The molecule has 9 heteroatoms. The van der Waals surface area contributed by atoms with Gasteiger partial charge in [0.2, 0.25) is 5.95 Å². The molecule has 4 rings (SSSR count). The van der Waals surface area contributed by atoms with Gasteiger partial charge in [0, 0.05) is 0 Å². The summed E-state index contributed by atoms with van der Waals surface area (Å²) in [5.74, 6) is 4.78. The number of hydrogen-bond acceptors (Lipinski definition) is 5. The van der Waals surface area contributed by atoms with Gasteiger partial charge in [-0.05, 0) is 51.7 Å². The van der Waals surface area contributed by atoms with Gasteiger partial charge in [-0.2, -0.15) is 24.6 Å². The van der Waals surface area contributed by atoms with E-state index in [4.69, 9.17) is 15.0 Å². The van der Waals surface area contributed by atoms with Crippen molar-refractivity contribution >= 4 is 48.6 Å². The maximum atomic E-state index is 4.94. The number of nitrogens with one attached hydrogen (secondary N) is 2. The van der Waals surface area contributed by atoms with Crippen molar-refractivity contribution in [1.29, 1.82) is 0 Å². The third-order valence-electron chi connectivity index (χ3n) is 5.53. The van der Waals surface area contributed by atoms with Gasteiger partial charge in [0.05, 0.1) is 28.2 Å². The van der Waals surface area contributed by atoms with E-state index in [0.29, 0.717) is 12.5 Å². The van der Waals surface area contributed by atoms with Crippen LogP contribution in [0.15, 0.2) is 34.0 Å². The number of para-hydroxylation sites is 1. The SMILES string of the molecule is CCS(CC)(CC)c1nc(NCc2nc3c(C)cccc3[nH]2)n2ncc(Br)c2n1. The van der Waals surface area contributed by atoms with E-state index >= 15 is 0 Å². The molecular formula is C20H26BrN7S. The Morgan fingerprint density at radius 3 is 2.55 bits per heavy atom. The molecule has 0 radical (unpaired) electrons. The molecule has 154 valence electrons. The molecule has 0 atom stereocenters. The van der Waals surface area contributed by atoms with E-state index in [1.54, 1.807) is 10.7 Å². The number of H-pyrrole nitrogens is 1. The maximum Gasteiger partial charge on any atom is 0.228 e. The number of aromatic nitrogens is 6. The number of imidazole rings is 1. The Balaban J connectivity index is 1.73. The summed E-state index contributed by atoms with van der Waals surface area (Å²) < 4.78 is 2.63. The molecule has 0 amide bonds. The molecule has 0 fully saturated rings. The summed E-state index contributed by atoms with van der Waals surface area (Å²) in [6.07, 6.45) is 1.77. The van der Waals surface area contributed by atoms with Gasteiger partial charge in [-0.3, -0.25) is 0 Å². The fraction of sp³-hybridized carbons (Fsp3) is 0.400. The number of nitrogens with zero attached hydrogens (tertiary/aromatic N) is 5. The van der Waals surface area contributed by atoms with E-state index in [-0.39, 0.29) is 0 Å². The predicted molar refractivity (Wildman–Crippen MR) is 124 cm³/mol. The molecule has 0 saturated heterocycles. The molecule has 1 aromatic carbocycles. The lowest BCUT2D eigenvalue weighted by atomic mass is 10.2. The zero-order valence-corrected chi connectivity index (χ0v) is 19.6. The fourth-order valence-corrected chi connectivity index (χ4v) is 6.52. The van der Waals surface area contributed by atoms with Crippen molar-refractivity contribution < 1.29 is 0 Å². The Morgan fingerprint density at radius 2 is 1.86 bits per heavy atom. The van der Waals surface area contributed by atoms with Crippen molar-refractivity contribution in [2.75, 3.05) is 22.6 Å². The zero-order chi connectivity index (χ0) is 20.6. The van der Waals surface area contributed by atoms with Gasteiger partial charge in [-0.25, -0.2) is 9.97 Å². The van der Waals surface area contributed by atoms with Crippen molar-refractivity contribution in [3.05, 3.63) is 40.3 Å². The summed E-state index contributed by atoms with van der Waals surface area (Å²) in [6, 6.07) is 6.16. The number of hydrogen-bond donors (Lipinski definition) is 2. The van der Waals surface area contributed by atoms with E-state index in [1.807, 2.05) is 12.1 Å². The number of rotatable bonds is 7. The normalized spacial score (nSPS) is 12.7. The van der Waals surface area contributed by atoms with Gasteiger partial charge in [0.25, 0.3) is 0 Å². The van der Waals surface area contributed by atoms with Crippen LogP contribution in [-0.4, -0.2) is 46.8 Å². The van der Waals surface area contributed by atoms with Crippen LogP contribution in [0.1, 0.15) is 32.2 Å². The Labute approximate surface area is 180 Å². The maximum absolute atomic E-state index is 4.94. The quantitative estimate of drug-likeness (QED) is 0.396.